The number of halogens is 1. The Kier molecular flexibility index (Phi) is 6.12. The second-order valence-electron chi connectivity index (χ2n) is 4.16. The first-order valence-electron chi connectivity index (χ1n) is 6.28. The van der Waals surface area contributed by atoms with E-state index in [0.29, 0.717) is 6.54 Å². The molecule has 0 aliphatic carbocycles. The highest BCUT2D eigenvalue weighted by molar-refractivity contribution is 5.94. The van der Waals surface area contributed by atoms with Gasteiger partial charge >= 0.3 is 12.0 Å². The van der Waals surface area contributed by atoms with E-state index in [4.69, 9.17) is 5.11 Å². The molecule has 7 nitrogen and oxygen atoms in total. The molecule has 0 saturated heterocycles. The van der Waals surface area contributed by atoms with E-state index in [1.807, 2.05) is 6.92 Å². The fourth-order valence-corrected chi connectivity index (χ4v) is 1.43. The van der Waals surface area contributed by atoms with Crippen molar-refractivity contribution in [3.8, 4) is 0 Å². The van der Waals surface area contributed by atoms with Gasteiger partial charge in [0.1, 0.15) is 5.82 Å². The van der Waals surface area contributed by atoms with Crippen molar-refractivity contribution in [1.82, 2.24) is 10.6 Å². The van der Waals surface area contributed by atoms with Crippen LogP contribution < -0.4 is 16.0 Å². The average Bonchev–Trinajstić information content (AvgIpc) is 2.44. The van der Waals surface area contributed by atoms with Gasteiger partial charge in [0, 0.05) is 12.2 Å². The first kappa shape index (κ1) is 16.4. The van der Waals surface area contributed by atoms with Crippen LogP contribution in [-0.2, 0) is 4.79 Å². The Labute approximate surface area is 120 Å². The first-order chi connectivity index (χ1) is 9.93. The number of carboxylic acids is 1. The zero-order valence-electron chi connectivity index (χ0n) is 11.4. The molecule has 8 heteroatoms. The summed E-state index contributed by atoms with van der Waals surface area (Å²) in [4.78, 5) is 33.5. The number of amides is 3. The molecule has 0 aromatic heterocycles. The topological polar surface area (TPSA) is 108 Å². The molecule has 4 N–H and O–H groups in total. The third-order valence-electron chi connectivity index (χ3n) is 2.44. The van der Waals surface area contributed by atoms with E-state index in [0.717, 1.165) is 18.6 Å². The van der Waals surface area contributed by atoms with Gasteiger partial charge in [0.15, 0.2) is 0 Å². The van der Waals surface area contributed by atoms with Gasteiger partial charge in [0.05, 0.1) is 12.1 Å². The van der Waals surface area contributed by atoms with Gasteiger partial charge in [-0.05, 0) is 24.6 Å². The number of anilines is 1. The van der Waals surface area contributed by atoms with Gasteiger partial charge in [-0.1, -0.05) is 6.92 Å². The van der Waals surface area contributed by atoms with Crippen LogP contribution in [0.15, 0.2) is 18.2 Å². The van der Waals surface area contributed by atoms with Crippen LogP contribution in [0.4, 0.5) is 14.9 Å². The van der Waals surface area contributed by atoms with E-state index >= 15 is 0 Å². The summed E-state index contributed by atoms with van der Waals surface area (Å²) in [6, 6.07) is 2.46. The fourth-order valence-electron chi connectivity index (χ4n) is 1.43. The van der Waals surface area contributed by atoms with Gasteiger partial charge in [-0.15, -0.1) is 0 Å². The molecule has 1 aromatic carbocycles. The minimum absolute atomic E-state index is 0.111. The molecule has 0 heterocycles. The average molecular weight is 297 g/mol. The molecule has 0 unspecified atom stereocenters. The van der Waals surface area contributed by atoms with E-state index in [1.54, 1.807) is 0 Å². The molecule has 3 amide bonds. The summed E-state index contributed by atoms with van der Waals surface area (Å²) >= 11 is 0. The number of carbonyl (C=O) groups is 3. The predicted molar refractivity (Wildman–Crippen MR) is 73.7 cm³/mol. The third-order valence-corrected chi connectivity index (χ3v) is 2.44. The van der Waals surface area contributed by atoms with Crippen LogP contribution in [0.3, 0.4) is 0 Å². The molecule has 0 bridgehead atoms. The van der Waals surface area contributed by atoms with Crippen molar-refractivity contribution in [3.05, 3.63) is 29.6 Å². The van der Waals surface area contributed by atoms with Crippen LogP contribution in [0.5, 0.6) is 0 Å². The zero-order valence-corrected chi connectivity index (χ0v) is 11.4. The summed E-state index contributed by atoms with van der Waals surface area (Å²) in [5.74, 6) is -2.67. The lowest BCUT2D eigenvalue weighted by Gasteiger charge is -2.08. The molecule has 1 aromatic rings. The van der Waals surface area contributed by atoms with Crippen LogP contribution in [0, 0.1) is 5.82 Å². The van der Waals surface area contributed by atoms with Crippen LogP contribution in [0.2, 0.25) is 0 Å². The van der Waals surface area contributed by atoms with Crippen molar-refractivity contribution >= 4 is 23.6 Å². The second-order valence-corrected chi connectivity index (χ2v) is 4.16. The number of hydrogen-bond acceptors (Lipinski definition) is 3. The second kappa shape index (κ2) is 7.83. The van der Waals surface area contributed by atoms with E-state index in [9.17, 15) is 18.8 Å². The number of rotatable bonds is 6. The molecule has 0 atom stereocenters. The molecule has 0 radical (unpaired) electrons. The maximum atomic E-state index is 13.2. The van der Waals surface area contributed by atoms with Crippen molar-refractivity contribution < 1.29 is 23.9 Å². The molecule has 0 aliphatic heterocycles. The maximum Gasteiger partial charge on any atom is 0.338 e. The van der Waals surface area contributed by atoms with Gasteiger partial charge in [0.2, 0.25) is 5.91 Å². The van der Waals surface area contributed by atoms with Gasteiger partial charge in [0.25, 0.3) is 0 Å². The maximum absolute atomic E-state index is 13.2. The lowest BCUT2D eigenvalue weighted by Crippen LogP contribution is -2.39. The summed E-state index contributed by atoms with van der Waals surface area (Å²) in [7, 11) is 0. The van der Waals surface area contributed by atoms with Crippen molar-refractivity contribution in [2.75, 3.05) is 18.4 Å². The highest BCUT2D eigenvalue weighted by atomic mass is 19.1. The lowest BCUT2D eigenvalue weighted by atomic mass is 10.2. The number of carbonyl (C=O) groups excluding carboxylic acids is 2. The number of nitrogens with one attached hydrogen (secondary N) is 3. The molecule has 114 valence electrons. The van der Waals surface area contributed by atoms with Crippen molar-refractivity contribution in [3.63, 3.8) is 0 Å². The van der Waals surface area contributed by atoms with E-state index in [-0.39, 0.29) is 18.1 Å². The van der Waals surface area contributed by atoms with Crippen molar-refractivity contribution in [1.29, 1.82) is 0 Å². The Morgan fingerprint density at radius 2 is 1.95 bits per heavy atom. The molecule has 21 heavy (non-hydrogen) atoms. The molecular weight excluding hydrogens is 281 g/mol. The van der Waals surface area contributed by atoms with Gasteiger partial charge in [-0.2, -0.15) is 0 Å². The van der Waals surface area contributed by atoms with Crippen LogP contribution >= 0.6 is 0 Å². The number of benzene rings is 1. The minimum atomic E-state index is -1.43. The number of aromatic carboxylic acids is 1. The monoisotopic (exact) mass is 297 g/mol. The summed E-state index contributed by atoms with van der Waals surface area (Å²) in [6.07, 6.45) is 0.783. The van der Waals surface area contributed by atoms with E-state index < -0.39 is 23.4 Å². The first-order valence-corrected chi connectivity index (χ1v) is 6.28. The predicted octanol–water partition coefficient (Wildman–Crippen LogP) is 1.17. The van der Waals surface area contributed by atoms with Gasteiger partial charge in [-0.3, -0.25) is 4.79 Å². The van der Waals surface area contributed by atoms with E-state index in [1.165, 1.54) is 6.07 Å². The normalized spacial score (nSPS) is 9.81. The number of hydrogen-bond donors (Lipinski definition) is 4. The van der Waals surface area contributed by atoms with Crippen LogP contribution in [-0.4, -0.2) is 36.1 Å². The molecule has 0 saturated carbocycles. The molecular formula is C13H16FN3O4. The molecule has 0 spiro atoms. The van der Waals surface area contributed by atoms with E-state index in [2.05, 4.69) is 16.0 Å². The smallest absolute Gasteiger partial charge is 0.338 e. The van der Waals surface area contributed by atoms with Crippen LogP contribution in [0.25, 0.3) is 0 Å². The molecule has 0 fully saturated rings. The summed E-state index contributed by atoms with van der Waals surface area (Å²) in [5, 5.41) is 16.0. The number of carboxylic acid groups (broad SMARTS) is 1. The Balaban J connectivity index is 2.53. The van der Waals surface area contributed by atoms with Gasteiger partial charge < -0.3 is 21.1 Å². The standard InChI is InChI=1S/C13H16FN3O4/c1-2-5-15-11(18)7-16-13(21)17-8-3-4-10(14)9(6-8)12(19)20/h3-4,6H,2,5,7H2,1H3,(H,15,18)(H,19,20)(H2,16,17,21). The lowest BCUT2D eigenvalue weighted by molar-refractivity contribution is -0.120. The highest BCUT2D eigenvalue weighted by Crippen LogP contribution is 2.14. The Hall–Kier alpha value is -2.64. The van der Waals surface area contributed by atoms with Gasteiger partial charge in [-0.25, -0.2) is 14.0 Å². The van der Waals surface area contributed by atoms with Crippen LogP contribution in [0.1, 0.15) is 23.7 Å². The summed E-state index contributed by atoms with van der Waals surface area (Å²) in [5.41, 5.74) is -0.436. The number of urea groups is 1. The summed E-state index contributed by atoms with van der Waals surface area (Å²) in [6.45, 7) is 2.20. The minimum Gasteiger partial charge on any atom is -0.478 e. The Morgan fingerprint density at radius 3 is 2.57 bits per heavy atom. The zero-order chi connectivity index (χ0) is 15.8. The third kappa shape index (κ3) is 5.47. The Morgan fingerprint density at radius 1 is 1.24 bits per heavy atom. The quantitative estimate of drug-likeness (QED) is 0.632. The fraction of sp³-hybridized carbons (Fsp3) is 0.308. The SMILES string of the molecule is CCCNC(=O)CNC(=O)Nc1ccc(F)c(C(=O)O)c1. The van der Waals surface area contributed by atoms with Crippen molar-refractivity contribution in [2.24, 2.45) is 0 Å². The van der Waals surface area contributed by atoms with Crippen molar-refractivity contribution in [2.45, 2.75) is 13.3 Å². The molecule has 0 aliphatic rings. The Bertz CT molecular complexity index is 548. The molecule has 1 rings (SSSR count). The largest absolute Gasteiger partial charge is 0.478 e. The summed E-state index contributed by atoms with van der Waals surface area (Å²) < 4.78 is 13.2. The highest BCUT2D eigenvalue weighted by Gasteiger charge is 2.12.